The van der Waals surface area contributed by atoms with Crippen molar-refractivity contribution in [2.75, 3.05) is 0 Å². The van der Waals surface area contributed by atoms with Crippen molar-refractivity contribution in [3.8, 4) is 0 Å². The highest BCUT2D eigenvalue weighted by Gasteiger charge is 1.98. The molecule has 0 saturated heterocycles. The van der Waals surface area contributed by atoms with E-state index in [1.807, 2.05) is 6.92 Å². The molecule has 0 amide bonds. The van der Waals surface area contributed by atoms with E-state index in [2.05, 4.69) is 11.5 Å². The van der Waals surface area contributed by atoms with Crippen LogP contribution in [0.4, 0.5) is 0 Å². The van der Waals surface area contributed by atoms with E-state index >= 15 is 0 Å². The smallest absolute Gasteiger partial charge is 0.166 e. The molecule has 0 saturated carbocycles. The molecule has 0 spiro atoms. The van der Waals surface area contributed by atoms with Crippen molar-refractivity contribution in [3.05, 3.63) is 12.5 Å². The molecule has 1 rings (SSSR count). The Hall–Kier alpha value is -0.660. The van der Waals surface area contributed by atoms with Crippen molar-refractivity contribution < 1.29 is 4.74 Å². The van der Waals surface area contributed by atoms with Crippen LogP contribution in [-0.4, -0.2) is 6.23 Å². The van der Waals surface area contributed by atoms with Crippen LogP contribution in [-0.2, 0) is 4.74 Å². The largest absolute Gasteiger partial charge is 0.476 e. The van der Waals surface area contributed by atoms with Crippen LogP contribution in [0, 0.1) is 6.20 Å². The van der Waals surface area contributed by atoms with Crippen molar-refractivity contribution >= 4 is 0 Å². The van der Waals surface area contributed by atoms with Gasteiger partial charge in [-0.15, -0.1) is 0 Å². The fourth-order valence-electron chi connectivity index (χ4n) is 0.321. The van der Waals surface area contributed by atoms with Gasteiger partial charge in [0.05, 0.1) is 6.20 Å². The zero-order valence-corrected chi connectivity index (χ0v) is 3.56. The monoisotopic (exact) mass is 84.0 g/mol. The van der Waals surface area contributed by atoms with Gasteiger partial charge in [0.25, 0.3) is 0 Å². The molecule has 0 aromatic carbocycles. The second kappa shape index (κ2) is 1.20. The average molecular weight is 84.1 g/mol. The highest BCUT2D eigenvalue weighted by Crippen LogP contribution is 1.90. The van der Waals surface area contributed by atoms with Crippen molar-refractivity contribution in [1.29, 1.82) is 0 Å². The van der Waals surface area contributed by atoms with Gasteiger partial charge in [-0.25, -0.2) is 0 Å². The molecule has 2 heteroatoms. The van der Waals surface area contributed by atoms with Gasteiger partial charge >= 0.3 is 0 Å². The van der Waals surface area contributed by atoms with Gasteiger partial charge in [0.15, 0.2) is 6.23 Å². The normalized spacial score (nSPS) is 29.2. The van der Waals surface area contributed by atoms with Crippen LogP contribution in [0.1, 0.15) is 6.92 Å². The lowest BCUT2D eigenvalue weighted by molar-refractivity contribution is 0.171. The number of hydrogen-bond acceptors (Lipinski definition) is 2. The molecule has 1 aliphatic heterocycles. The first-order valence-electron chi connectivity index (χ1n) is 1.88. The maximum Gasteiger partial charge on any atom is 0.166 e. The summed E-state index contributed by atoms with van der Waals surface area (Å²) in [6.45, 7) is 1.91. The summed E-state index contributed by atoms with van der Waals surface area (Å²) in [5.41, 5.74) is 0. The van der Waals surface area contributed by atoms with E-state index in [0.29, 0.717) is 0 Å². The molecule has 0 fully saturated rings. The van der Waals surface area contributed by atoms with Gasteiger partial charge in [0.1, 0.15) is 6.26 Å². The lowest BCUT2D eigenvalue weighted by Crippen LogP contribution is -2.15. The standard InChI is InChI=1S/C4H6NO/c1-4-5-2-3-6-4/h3-5H,1H3. The summed E-state index contributed by atoms with van der Waals surface area (Å²) >= 11 is 0. The van der Waals surface area contributed by atoms with E-state index in [-0.39, 0.29) is 6.23 Å². The van der Waals surface area contributed by atoms with Gasteiger partial charge in [-0.1, -0.05) is 0 Å². The molecule has 0 aromatic rings. The van der Waals surface area contributed by atoms with Crippen LogP contribution >= 0.6 is 0 Å². The molecule has 1 radical (unpaired) electrons. The quantitative estimate of drug-likeness (QED) is 0.453. The predicted molar refractivity (Wildman–Crippen MR) is 21.5 cm³/mol. The highest BCUT2D eigenvalue weighted by atomic mass is 16.5. The second-order valence-corrected chi connectivity index (χ2v) is 1.18. The summed E-state index contributed by atoms with van der Waals surface area (Å²) in [6.07, 6.45) is 4.32. The summed E-state index contributed by atoms with van der Waals surface area (Å²) in [5.74, 6) is 0. The highest BCUT2D eigenvalue weighted by molar-refractivity contribution is 4.70. The Morgan fingerprint density at radius 1 is 2.00 bits per heavy atom. The third kappa shape index (κ3) is 0.455. The Morgan fingerprint density at radius 2 is 2.83 bits per heavy atom. The number of hydrogen-bond donors (Lipinski definition) is 1. The lowest BCUT2D eigenvalue weighted by Gasteiger charge is -1.99. The average Bonchev–Trinajstić information content (AvgIpc) is 1.86. The second-order valence-electron chi connectivity index (χ2n) is 1.18. The van der Waals surface area contributed by atoms with Gasteiger partial charge in [-0.05, 0) is 6.92 Å². The third-order valence-corrected chi connectivity index (χ3v) is 0.618. The molecule has 0 bridgehead atoms. The van der Waals surface area contributed by atoms with E-state index < -0.39 is 0 Å². The summed E-state index contributed by atoms with van der Waals surface area (Å²) < 4.78 is 4.81. The van der Waals surface area contributed by atoms with Gasteiger partial charge in [0.2, 0.25) is 0 Å². The van der Waals surface area contributed by atoms with Crippen molar-refractivity contribution in [1.82, 2.24) is 5.32 Å². The van der Waals surface area contributed by atoms with Crippen molar-refractivity contribution in [2.24, 2.45) is 0 Å². The summed E-state index contributed by atoms with van der Waals surface area (Å²) in [5, 5.41) is 2.79. The minimum atomic E-state index is 0.130. The Labute approximate surface area is 36.8 Å². The fourth-order valence-corrected chi connectivity index (χ4v) is 0.321. The van der Waals surface area contributed by atoms with Crippen LogP contribution in [0.25, 0.3) is 0 Å². The molecule has 1 unspecified atom stereocenters. The molecule has 1 atom stereocenters. The molecule has 1 heterocycles. The Balaban J connectivity index is 2.32. The summed E-state index contributed by atoms with van der Waals surface area (Å²) in [4.78, 5) is 0. The zero-order valence-electron chi connectivity index (χ0n) is 3.56. The van der Waals surface area contributed by atoms with Gasteiger partial charge in [-0.2, -0.15) is 0 Å². The molecule has 0 aliphatic carbocycles. The maximum atomic E-state index is 4.81. The number of rotatable bonds is 0. The van der Waals surface area contributed by atoms with Gasteiger partial charge in [-0.3, -0.25) is 0 Å². The fraction of sp³-hybridized carbons (Fsp3) is 0.500. The molecule has 33 valence electrons. The molecule has 6 heavy (non-hydrogen) atoms. The Bertz CT molecular complexity index is 61.9. The third-order valence-electron chi connectivity index (χ3n) is 0.618. The predicted octanol–water partition coefficient (Wildman–Crippen LogP) is 0.227. The minimum absolute atomic E-state index is 0.130. The van der Waals surface area contributed by atoms with Crippen LogP contribution in [0.2, 0.25) is 0 Å². The van der Waals surface area contributed by atoms with E-state index in [0.717, 1.165) is 0 Å². The summed E-state index contributed by atoms with van der Waals surface area (Å²) in [7, 11) is 0. The van der Waals surface area contributed by atoms with Gasteiger partial charge in [0, 0.05) is 0 Å². The Morgan fingerprint density at radius 3 is 3.00 bits per heavy atom. The lowest BCUT2D eigenvalue weighted by atomic mass is 10.7. The van der Waals surface area contributed by atoms with Crippen LogP contribution in [0.3, 0.4) is 0 Å². The molecule has 2 nitrogen and oxygen atoms in total. The van der Waals surface area contributed by atoms with Crippen LogP contribution < -0.4 is 5.32 Å². The molecule has 1 aliphatic rings. The van der Waals surface area contributed by atoms with E-state index in [4.69, 9.17) is 4.74 Å². The molecular weight excluding hydrogens is 78.0 g/mol. The number of nitrogens with one attached hydrogen (secondary N) is 1. The topological polar surface area (TPSA) is 21.3 Å². The Kier molecular flexibility index (Phi) is 0.708. The minimum Gasteiger partial charge on any atom is -0.476 e. The van der Waals surface area contributed by atoms with Crippen LogP contribution in [0.15, 0.2) is 6.26 Å². The number of ether oxygens (including phenoxy) is 1. The zero-order chi connectivity index (χ0) is 4.41. The first-order valence-corrected chi connectivity index (χ1v) is 1.88. The van der Waals surface area contributed by atoms with E-state index in [1.54, 1.807) is 0 Å². The molecular formula is C4H6NO. The SMILES string of the molecule is CC1N[C]=CO1. The summed E-state index contributed by atoms with van der Waals surface area (Å²) in [6, 6.07) is 0. The molecule has 0 aromatic heterocycles. The molecule has 1 N–H and O–H groups in total. The van der Waals surface area contributed by atoms with Gasteiger partial charge < -0.3 is 10.1 Å². The van der Waals surface area contributed by atoms with Crippen molar-refractivity contribution in [2.45, 2.75) is 13.2 Å². The first-order chi connectivity index (χ1) is 2.89. The van der Waals surface area contributed by atoms with E-state index in [1.165, 1.54) is 6.26 Å². The maximum absolute atomic E-state index is 4.81. The first kappa shape index (κ1) is 3.53. The van der Waals surface area contributed by atoms with E-state index in [9.17, 15) is 0 Å². The van der Waals surface area contributed by atoms with Crippen LogP contribution in [0.5, 0.6) is 0 Å². The van der Waals surface area contributed by atoms with Crippen molar-refractivity contribution in [3.63, 3.8) is 0 Å².